The molecule has 0 aliphatic carbocycles. The standard InChI is InChI=1S/C8H4FN2/c9-8-4-3-6-7(11-8)2-1-5-10-6/h2-5H. The first-order valence-corrected chi connectivity index (χ1v) is 3.14. The van der Waals surface area contributed by atoms with Crippen LogP contribution < -0.4 is 0 Å². The van der Waals surface area contributed by atoms with Crippen molar-refractivity contribution in [2.24, 2.45) is 0 Å². The highest BCUT2D eigenvalue weighted by Crippen LogP contribution is 2.06. The van der Waals surface area contributed by atoms with Crippen molar-refractivity contribution in [1.29, 1.82) is 0 Å². The summed E-state index contributed by atoms with van der Waals surface area (Å²) < 4.78 is 12.5. The molecule has 0 spiro atoms. The van der Waals surface area contributed by atoms with E-state index in [1.54, 1.807) is 12.1 Å². The van der Waals surface area contributed by atoms with Gasteiger partial charge in [0, 0.05) is 12.3 Å². The maximum absolute atomic E-state index is 12.5. The van der Waals surface area contributed by atoms with Crippen LogP contribution in [-0.2, 0) is 0 Å². The van der Waals surface area contributed by atoms with Crippen molar-refractivity contribution in [3.8, 4) is 0 Å². The molecule has 2 aromatic heterocycles. The third-order valence-electron chi connectivity index (χ3n) is 1.37. The smallest absolute Gasteiger partial charge is 0.213 e. The number of nitrogens with zero attached hydrogens (tertiary/aromatic N) is 2. The Kier molecular flexibility index (Phi) is 1.28. The molecule has 0 saturated heterocycles. The summed E-state index contributed by atoms with van der Waals surface area (Å²) in [6, 6.07) is 7.20. The van der Waals surface area contributed by atoms with Gasteiger partial charge in [0.25, 0.3) is 0 Å². The van der Waals surface area contributed by atoms with Crippen LogP contribution in [0, 0.1) is 12.0 Å². The molecule has 2 heterocycles. The summed E-state index contributed by atoms with van der Waals surface area (Å²) in [6.07, 6.45) is 1.53. The molecule has 0 saturated carbocycles. The summed E-state index contributed by atoms with van der Waals surface area (Å²) in [5, 5.41) is 0. The highest BCUT2D eigenvalue weighted by molar-refractivity contribution is 5.72. The van der Waals surface area contributed by atoms with Crippen molar-refractivity contribution in [3.05, 3.63) is 36.4 Å². The van der Waals surface area contributed by atoms with Gasteiger partial charge >= 0.3 is 0 Å². The van der Waals surface area contributed by atoms with Crippen LogP contribution in [0.5, 0.6) is 0 Å². The minimum Gasteiger partial charge on any atom is -0.254 e. The molecular weight excluding hydrogens is 143 g/mol. The van der Waals surface area contributed by atoms with E-state index >= 15 is 0 Å². The Morgan fingerprint density at radius 1 is 1.27 bits per heavy atom. The van der Waals surface area contributed by atoms with Gasteiger partial charge in [0.2, 0.25) is 5.95 Å². The van der Waals surface area contributed by atoms with Crippen LogP contribution in [0.2, 0.25) is 0 Å². The topological polar surface area (TPSA) is 25.8 Å². The Hall–Kier alpha value is -1.51. The lowest BCUT2D eigenvalue weighted by atomic mass is 10.3. The van der Waals surface area contributed by atoms with Crippen molar-refractivity contribution >= 4 is 11.0 Å². The molecule has 0 aliphatic rings. The van der Waals surface area contributed by atoms with E-state index in [1.807, 2.05) is 0 Å². The summed E-state index contributed by atoms with van der Waals surface area (Å²) >= 11 is 0. The van der Waals surface area contributed by atoms with Gasteiger partial charge in [-0.25, -0.2) is 4.98 Å². The summed E-state index contributed by atoms with van der Waals surface area (Å²) in [5.41, 5.74) is 1.22. The number of fused-ring (bicyclic) bond motifs is 1. The van der Waals surface area contributed by atoms with Gasteiger partial charge in [-0.1, -0.05) is 0 Å². The summed E-state index contributed by atoms with van der Waals surface area (Å²) in [6.45, 7) is 0. The van der Waals surface area contributed by atoms with Crippen LogP contribution >= 0.6 is 0 Å². The average Bonchev–Trinajstić information content (AvgIpc) is 2.04. The number of rotatable bonds is 0. The van der Waals surface area contributed by atoms with E-state index in [2.05, 4.69) is 16.0 Å². The highest BCUT2D eigenvalue weighted by Gasteiger charge is 1.95. The molecular formula is C8H4FN2. The Bertz CT molecular complexity index is 387. The van der Waals surface area contributed by atoms with Gasteiger partial charge in [0.05, 0.1) is 11.0 Å². The molecule has 0 aliphatic heterocycles. The number of hydrogen-bond acceptors (Lipinski definition) is 2. The molecule has 11 heavy (non-hydrogen) atoms. The zero-order valence-corrected chi connectivity index (χ0v) is 5.58. The van der Waals surface area contributed by atoms with Gasteiger partial charge < -0.3 is 0 Å². The molecule has 0 unspecified atom stereocenters. The van der Waals surface area contributed by atoms with Crippen LogP contribution in [0.25, 0.3) is 11.0 Å². The monoisotopic (exact) mass is 147 g/mol. The van der Waals surface area contributed by atoms with Crippen molar-refractivity contribution in [2.45, 2.75) is 0 Å². The van der Waals surface area contributed by atoms with Crippen LogP contribution in [0.1, 0.15) is 0 Å². The fourth-order valence-corrected chi connectivity index (χ4v) is 0.881. The average molecular weight is 147 g/mol. The van der Waals surface area contributed by atoms with E-state index in [0.717, 1.165) is 0 Å². The fraction of sp³-hybridized carbons (Fsp3) is 0. The second kappa shape index (κ2) is 2.27. The van der Waals surface area contributed by atoms with E-state index < -0.39 is 5.95 Å². The van der Waals surface area contributed by atoms with Crippen molar-refractivity contribution in [2.75, 3.05) is 0 Å². The lowest BCUT2D eigenvalue weighted by Gasteiger charge is -1.92. The minimum absolute atomic E-state index is 0.487. The predicted molar refractivity (Wildman–Crippen MR) is 38.3 cm³/mol. The molecule has 0 aromatic carbocycles. The number of halogens is 1. The zero-order valence-electron chi connectivity index (χ0n) is 5.58. The number of pyridine rings is 2. The molecule has 3 heteroatoms. The van der Waals surface area contributed by atoms with Gasteiger partial charge in [0.15, 0.2) is 0 Å². The fourth-order valence-electron chi connectivity index (χ4n) is 0.881. The van der Waals surface area contributed by atoms with Crippen LogP contribution in [0.4, 0.5) is 4.39 Å². The van der Waals surface area contributed by atoms with Crippen molar-refractivity contribution in [1.82, 2.24) is 9.97 Å². The maximum atomic E-state index is 12.5. The molecule has 0 fully saturated rings. The summed E-state index contributed by atoms with van der Waals surface area (Å²) in [7, 11) is 0. The first-order chi connectivity index (χ1) is 5.36. The zero-order chi connectivity index (χ0) is 7.68. The van der Waals surface area contributed by atoms with Gasteiger partial charge in [-0.05, 0) is 18.2 Å². The predicted octanol–water partition coefficient (Wildman–Crippen LogP) is 1.57. The first-order valence-electron chi connectivity index (χ1n) is 3.14. The Balaban J connectivity index is 2.83. The Labute approximate surface area is 62.7 Å². The van der Waals surface area contributed by atoms with E-state index in [-0.39, 0.29) is 0 Å². The lowest BCUT2D eigenvalue weighted by Crippen LogP contribution is -1.84. The maximum Gasteiger partial charge on any atom is 0.213 e. The molecule has 1 radical (unpaired) electrons. The first kappa shape index (κ1) is 6.22. The van der Waals surface area contributed by atoms with E-state index in [9.17, 15) is 4.39 Å². The molecule has 2 aromatic rings. The SMILES string of the molecule is Fc1ccc2nc[c]cc2n1. The van der Waals surface area contributed by atoms with Crippen LogP contribution in [0.15, 0.2) is 24.4 Å². The molecule has 2 nitrogen and oxygen atoms in total. The van der Waals surface area contributed by atoms with Crippen LogP contribution in [0.3, 0.4) is 0 Å². The van der Waals surface area contributed by atoms with E-state index in [1.165, 1.54) is 12.3 Å². The second-order valence-corrected chi connectivity index (χ2v) is 2.11. The largest absolute Gasteiger partial charge is 0.254 e. The van der Waals surface area contributed by atoms with Gasteiger partial charge in [-0.15, -0.1) is 0 Å². The third-order valence-corrected chi connectivity index (χ3v) is 1.37. The Morgan fingerprint density at radius 2 is 2.18 bits per heavy atom. The number of aromatic nitrogens is 2. The van der Waals surface area contributed by atoms with Gasteiger partial charge in [0.1, 0.15) is 0 Å². The van der Waals surface area contributed by atoms with E-state index in [0.29, 0.717) is 11.0 Å². The molecule has 53 valence electrons. The third kappa shape index (κ3) is 1.05. The van der Waals surface area contributed by atoms with Crippen molar-refractivity contribution < 1.29 is 4.39 Å². The molecule has 0 amide bonds. The molecule has 0 bridgehead atoms. The van der Waals surface area contributed by atoms with Crippen molar-refractivity contribution in [3.63, 3.8) is 0 Å². The Morgan fingerprint density at radius 3 is 3.09 bits per heavy atom. The molecule has 0 atom stereocenters. The van der Waals surface area contributed by atoms with Crippen LogP contribution in [-0.4, -0.2) is 9.97 Å². The summed E-state index contributed by atoms with van der Waals surface area (Å²) in [4.78, 5) is 7.55. The molecule has 2 rings (SSSR count). The quantitative estimate of drug-likeness (QED) is 0.528. The normalized spacial score (nSPS) is 10.3. The van der Waals surface area contributed by atoms with E-state index in [4.69, 9.17) is 0 Å². The number of hydrogen-bond donors (Lipinski definition) is 0. The minimum atomic E-state index is -0.487. The van der Waals surface area contributed by atoms with Gasteiger partial charge in [-0.2, -0.15) is 4.39 Å². The second-order valence-electron chi connectivity index (χ2n) is 2.11. The molecule has 0 N–H and O–H groups in total. The summed E-state index contributed by atoms with van der Waals surface area (Å²) in [5.74, 6) is -0.487. The van der Waals surface area contributed by atoms with Gasteiger partial charge in [-0.3, -0.25) is 4.98 Å². The lowest BCUT2D eigenvalue weighted by molar-refractivity contribution is 0.589. The highest BCUT2D eigenvalue weighted by atomic mass is 19.1.